The van der Waals surface area contributed by atoms with Crippen LogP contribution < -0.4 is 9.80 Å². The molecule has 0 radical (unpaired) electrons. The maximum Gasteiger partial charge on any atom is 0.175 e. The highest BCUT2D eigenvalue weighted by Gasteiger charge is 2.23. The van der Waals surface area contributed by atoms with Crippen LogP contribution in [0.3, 0.4) is 0 Å². The number of anilines is 2. The minimum atomic E-state index is -3.41. The van der Waals surface area contributed by atoms with E-state index in [2.05, 4.69) is 31.1 Å². The Bertz CT molecular complexity index is 1380. The predicted molar refractivity (Wildman–Crippen MR) is 121 cm³/mol. The molecule has 1 aliphatic rings. The van der Waals surface area contributed by atoms with Gasteiger partial charge in [0.15, 0.2) is 9.84 Å². The summed E-state index contributed by atoms with van der Waals surface area (Å²) in [7, 11) is -3.41. The van der Waals surface area contributed by atoms with E-state index in [4.69, 9.17) is 0 Å². The average molecular weight is 453 g/mol. The Hall–Kier alpha value is -3.53. The second kappa shape index (κ2) is 7.86. The zero-order chi connectivity index (χ0) is 22.3. The van der Waals surface area contributed by atoms with Crippen LogP contribution in [0.25, 0.3) is 22.0 Å². The van der Waals surface area contributed by atoms with Crippen LogP contribution in [0, 0.1) is 5.82 Å². The van der Waals surface area contributed by atoms with Crippen LogP contribution >= 0.6 is 0 Å². The van der Waals surface area contributed by atoms with Gasteiger partial charge in [-0.3, -0.25) is 5.10 Å². The van der Waals surface area contributed by atoms with E-state index in [-0.39, 0.29) is 4.90 Å². The number of piperazine rings is 1. The highest BCUT2D eigenvalue weighted by Crippen LogP contribution is 2.30. The Balaban J connectivity index is 1.42. The monoisotopic (exact) mass is 452 g/mol. The second-order valence-corrected chi connectivity index (χ2v) is 9.79. The molecule has 1 aliphatic heterocycles. The maximum absolute atomic E-state index is 14.5. The van der Waals surface area contributed by atoms with Crippen LogP contribution in [0.4, 0.5) is 15.9 Å². The molecule has 3 heterocycles. The van der Waals surface area contributed by atoms with Crippen LogP contribution in [0.5, 0.6) is 0 Å². The largest absolute Gasteiger partial charge is 0.366 e. The van der Waals surface area contributed by atoms with Crippen LogP contribution in [0.2, 0.25) is 0 Å². The van der Waals surface area contributed by atoms with E-state index >= 15 is 0 Å². The minimum absolute atomic E-state index is 0.116. The van der Waals surface area contributed by atoms with Crippen molar-refractivity contribution in [3.8, 4) is 11.1 Å². The van der Waals surface area contributed by atoms with E-state index in [0.29, 0.717) is 31.9 Å². The number of hydrogen-bond acceptors (Lipinski definition) is 7. The molecule has 1 N–H and O–H groups in total. The average Bonchev–Trinajstić information content (AvgIpc) is 3.33. The molecule has 8 nitrogen and oxygen atoms in total. The van der Waals surface area contributed by atoms with Gasteiger partial charge in [0.05, 0.1) is 22.3 Å². The van der Waals surface area contributed by atoms with Gasteiger partial charge in [0, 0.05) is 49.6 Å². The Morgan fingerprint density at radius 3 is 2.47 bits per heavy atom. The van der Waals surface area contributed by atoms with Gasteiger partial charge in [0.2, 0.25) is 0 Å². The van der Waals surface area contributed by atoms with Crippen molar-refractivity contribution in [1.82, 2.24) is 20.2 Å². The number of rotatable bonds is 4. The Kier molecular flexibility index (Phi) is 5.01. The smallest absolute Gasteiger partial charge is 0.175 e. The van der Waals surface area contributed by atoms with Gasteiger partial charge < -0.3 is 9.80 Å². The first kappa shape index (κ1) is 20.4. The molecule has 2 aromatic heterocycles. The van der Waals surface area contributed by atoms with Crippen molar-refractivity contribution >= 4 is 32.2 Å². The van der Waals surface area contributed by atoms with Crippen molar-refractivity contribution in [2.24, 2.45) is 0 Å². The molecule has 0 bridgehead atoms. The lowest BCUT2D eigenvalue weighted by molar-refractivity contribution is 0.591. The van der Waals surface area contributed by atoms with Crippen LogP contribution in [-0.4, -0.2) is 61.0 Å². The summed E-state index contributed by atoms with van der Waals surface area (Å²) in [5.74, 6) is 0.397. The Morgan fingerprint density at radius 2 is 1.75 bits per heavy atom. The molecule has 0 unspecified atom stereocenters. The fourth-order valence-corrected chi connectivity index (χ4v) is 4.65. The lowest BCUT2D eigenvalue weighted by Crippen LogP contribution is -2.47. The van der Waals surface area contributed by atoms with E-state index in [1.807, 2.05) is 23.2 Å². The van der Waals surface area contributed by atoms with Crippen molar-refractivity contribution in [3.63, 3.8) is 0 Å². The molecule has 164 valence electrons. The molecular weight excluding hydrogens is 431 g/mol. The number of nitrogens with one attached hydrogen (secondary N) is 1. The summed E-state index contributed by atoms with van der Waals surface area (Å²) in [5, 5.41) is 7.78. The summed E-state index contributed by atoms with van der Waals surface area (Å²) < 4.78 is 38.2. The van der Waals surface area contributed by atoms with Crippen LogP contribution in [0.15, 0.2) is 60.0 Å². The van der Waals surface area contributed by atoms with Gasteiger partial charge in [-0.15, -0.1) is 0 Å². The molecule has 10 heteroatoms. The molecule has 1 saturated heterocycles. The summed E-state index contributed by atoms with van der Waals surface area (Å²) in [5.41, 5.74) is 3.15. The number of H-pyrrole nitrogens is 1. The number of hydrogen-bond donors (Lipinski definition) is 1. The molecule has 4 aromatic rings. The van der Waals surface area contributed by atoms with E-state index in [9.17, 15) is 12.8 Å². The van der Waals surface area contributed by atoms with Crippen molar-refractivity contribution in [2.75, 3.05) is 42.2 Å². The Labute approximate surface area is 184 Å². The number of halogens is 1. The number of nitrogens with zero attached hydrogens (tertiary/aromatic N) is 5. The predicted octanol–water partition coefficient (Wildman–Crippen LogP) is 2.89. The molecule has 32 heavy (non-hydrogen) atoms. The van der Waals surface area contributed by atoms with E-state index < -0.39 is 15.7 Å². The number of aromatic amines is 1. The SMILES string of the molecule is CS(=O)(=O)c1ccc(F)c(N2CCN(c3ncnc4ccc(-c5cn[nH]c5)cc34)CC2)c1. The number of fused-ring (bicyclic) bond motifs is 1. The summed E-state index contributed by atoms with van der Waals surface area (Å²) >= 11 is 0. The molecular formula is C22H21FN6O2S. The van der Waals surface area contributed by atoms with E-state index in [0.717, 1.165) is 34.1 Å². The van der Waals surface area contributed by atoms with Gasteiger partial charge in [0.1, 0.15) is 18.0 Å². The van der Waals surface area contributed by atoms with Gasteiger partial charge in [-0.25, -0.2) is 22.8 Å². The zero-order valence-corrected chi connectivity index (χ0v) is 18.2. The highest BCUT2D eigenvalue weighted by molar-refractivity contribution is 7.90. The van der Waals surface area contributed by atoms with Crippen molar-refractivity contribution in [3.05, 3.63) is 60.9 Å². The fraction of sp³-hybridized carbons (Fsp3) is 0.227. The third-order valence-corrected chi connectivity index (χ3v) is 6.82. The van der Waals surface area contributed by atoms with Crippen molar-refractivity contribution in [1.29, 1.82) is 0 Å². The van der Waals surface area contributed by atoms with Crippen LogP contribution in [0.1, 0.15) is 0 Å². The molecule has 0 amide bonds. The van der Waals surface area contributed by atoms with Crippen molar-refractivity contribution < 1.29 is 12.8 Å². The first-order chi connectivity index (χ1) is 15.4. The molecule has 1 fully saturated rings. The second-order valence-electron chi connectivity index (χ2n) is 7.78. The van der Waals surface area contributed by atoms with E-state index in [1.54, 1.807) is 12.5 Å². The van der Waals surface area contributed by atoms with E-state index in [1.165, 1.54) is 18.2 Å². The molecule has 0 saturated carbocycles. The normalized spacial score (nSPS) is 14.8. The Morgan fingerprint density at radius 1 is 0.969 bits per heavy atom. The van der Waals surface area contributed by atoms with Crippen LogP contribution in [-0.2, 0) is 9.84 Å². The molecule has 2 aromatic carbocycles. The summed E-state index contributed by atoms with van der Waals surface area (Å²) in [6.07, 6.45) is 6.28. The third kappa shape index (κ3) is 3.77. The first-order valence-electron chi connectivity index (χ1n) is 10.1. The quantitative estimate of drug-likeness (QED) is 0.476. The number of aromatic nitrogens is 4. The number of benzene rings is 2. The molecule has 5 rings (SSSR count). The lowest BCUT2D eigenvalue weighted by atomic mass is 10.1. The minimum Gasteiger partial charge on any atom is -0.366 e. The maximum atomic E-state index is 14.5. The van der Waals surface area contributed by atoms with Gasteiger partial charge in [-0.1, -0.05) is 6.07 Å². The number of sulfone groups is 1. The van der Waals surface area contributed by atoms with Gasteiger partial charge in [-0.2, -0.15) is 5.10 Å². The van der Waals surface area contributed by atoms with Gasteiger partial charge >= 0.3 is 0 Å². The molecule has 0 spiro atoms. The summed E-state index contributed by atoms with van der Waals surface area (Å²) in [6, 6.07) is 9.95. The lowest BCUT2D eigenvalue weighted by Gasteiger charge is -2.37. The third-order valence-electron chi connectivity index (χ3n) is 5.71. The topological polar surface area (TPSA) is 95.1 Å². The summed E-state index contributed by atoms with van der Waals surface area (Å²) in [6.45, 7) is 2.31. The summed E-state index contributed by atoms with van der Waals surface area (Å²) in [4.78, 5) is 13.1. The standard InChI is InChI=1S/C22H21FN6O2S/c1-32(30,31)17-3-4-19(23)21(11-17)28-6-8-29(9-7-28)22-18-10-15(16-12-26-27-13-16)2-5-20(18)24-14-25-22/h2-5,10-14H,6-9H2,1H3,(H,26,27). The first-order valence-corrected chi connectivity index (χ1v) is 12.0. The highest BCUT2D eigenvalue weighted by atomic mass is 32.2. The fourth-order valence-electron chi connectivity index (χ4n) is 4.01. The van der Waals surface area contributed by atoms with Gasteiger partial charge in [-0.05, 0) is 35.9 Å². The molecule has 0 atom stereocenters. The van der Waals surface area contributed by atoms with Crippen molar-refractivity contribution in [2.45, 2.75) is 4.90 Å². The molecule has 0 aliphatic carbocycles. The van der Waals surface area contributed by atoms with Gasteiger partial charge in [0.25, 0.3) is 0 Å². The zero-order valence-electron chi connectivity index (χ0n) is 17.4.